The van der Waals surface area contributed by atoms with Crippen LogP contribution in [0.3, 0.4) is 0 Å². The third-order valence-electron chi connectivity index (χ3n) is 5.52. The highest BCUT2D eigenvalue weighted by molar-refractivity contribution is 5.95. The van der Waals surface area contributed by atoms with Crippen molar-refractivity contribution in [2.45, 2.75) is 6.04 Å². The molecule has 0 unspecified atom stereocenters. The molecule has 0 aliphatic carbocycles. The molecule has 8 heteroatoms. The van der Waals surface area contributed by atoms with E-state index in [1.165, 1.54) is 0 Å². The van der Waals surface area contributed by atoms with E-state index >= 15 is 0 Å². The van der Waals surface area contributed by atoms with Crippen LogP contribution in [0, 0.1) is 0 Å². The predicted molar refractivity (Wildman–Crippen MR) is 105 cm³/mol. The molecule has 4 heterocycles. The summed E-state index contributed by atoms with van der Waals surface area (Å²) in [7, 11) is 0. The minimum absolute atomic E-state index is 0.0827. The molecule has 2 aliphatic heterocycles. The Morgan fingerprint density at radius 3 is 2.57 bits per heavy atom. The Morgan fingerprint density at radius 2 is 1.82 bits per heavy atom. The summed E-state index contributed by atoms with van der Waals surface area (Å²) in [6.07, 6.45) is 0. The summed E-state index contributed by atoms with van der Waals surface area (Å²) < 4.78 is 7.12. The highest BCUT2D eigenvalue weighted by Gasteiger charge is 2.35. The number of pyridine rings is 1. The van der Waals surface area contributed by atoms with Crippen LogP contribution in [0.1, 0.15) is 10.4 Å². The van der Waals surface area contributed by atoms with Gasteiger partial charge in [0.15, 0.2) is 5.65 Å². The summed E-state index contributed by atoms with van der Waals surface area (Å²) in [5, 5.41) is 4.24. The van der Waals surface area contributed by atoms with Crippen LogP contribution in [0.2, 0.25) is 0 Å². The highest BCUT2D eigenvalue weighted by atomic mass is 16.5. The van der Waals surface area contributed by atoms with E-state index in [1.807, 2.05) is 47.4 Å². The van der Waals surface area contributed by atoms with Gasteiger partial charge in [0, 0.05) is 43.3 Å². The van der Waals surface area contributed by atoms with Gasteiger partial charge in [0.1, 0.15) is 0 Å². The highest BCUT2D eigenvalue weighted by Crippen LogP contribution is 2.23. The fraction of sp³-hybridized carbons (Fsp3) is 0.350. The van der Waals surface area contributed by atoms with Gasteiger partial charge in [-0.15, -0.1) is 5.10 Å². The van der Waals surface area contributed by atoms with E-state index in [1.54, 1.807) is 4.52 Å². The summed E-state index contributed by atoms with van der Waals surface area (Å²) in [6, 6.07) is 13.8. The molecule has 2 fully saturated rings. The zero-order valence-electron chi connectivity index (χ0n) is 15.5. The van der Waals surface area contributed by atoms with Crippen molar-refractivity contribution < 1.29 is 9.53 Å². The number of anilines is 1. The first-order valence-electron chi connectivity index (χ1n) is 9.52. The minimum atomic E-state index is 0.0827. The first kappa shape index (κ1) is 17.2. The standard InChI is InChI=1S/C20H22N6O2/c21-20-22-18-3-1-2-17(26(18)23-20)14-4-6-15(7-5-14)19(27)25-12-16(13-25)24-8-10-28-11-9-24/h1-7,16H,8-13H2,(H2,21,23). The third-order valence-corrected chi connectivity index (χ3v) is 5.52. The van der Waals surface area contributed by atoms with E-state index < -0.39 is 0 Å². The topological polar surface area (TPSA) is 89.0 Å². The average Bonchev–Trinajstić information content (AvgIpc) is 3.08. The molecular formula is C20H22N6O2. The van der Waals surface area contributed by atoms with Crippen molar-refractivity contribution in [3.63, 3.8) is 0 Å². The zero-order valence-corrected chi connectivity index (χ0v) is 15.5. The number of nitrogens with zero attached hydrogens (tertiary/aromatic N) is 5. The maximum Gasteiger partial charge on any atom is 0.253 e. The minimum Gasteiger partial charge on any atom is -0.379 e. The largest absolute Gasteiger partial charge is 0.379 e. The summed E-state index contributed by atoms with van der Waals surface area (Å²) in [6.45, 7) is 5.07. The van der Waals surface area contributed by atoms with Crippen molar-refractivity contribution >= 4 is 17.5 Å². The van der Waals surface area contributed by atoms with Crippen LogP contribution in [0.15, 0.2) is 42.5 Å². The lowest BCUT2D eigenvalue weighted by atomic mass is 10.0. The Morgan fingerprint density at radius 1 is 1.07 bits per heavy atom. The van der Waals surface area contributed by atoms with Crippen molar-refractivity contribution in [1.82, 2.24) is 24.4 Å². The number of hydrogen-bond acceptors (Lipinski definition) is 6. The van der Waals surface area contributed by atoms with Crippen molar-refractivity contribution in [3.05, 3.63) is 48.0 Å². The average molecular weight is 378 g/mol. The SMILES string of the molecule is Nc1nc2cccc(-c3ccc(C(=O)N4CC(N5CCOCC5)C4)cc3)n2n1. The normalized spacial score (nSPS) is 18.4. The molecule has 0 atom stereocenters. The number of likely N-dealkylation sites (tertiary alicyclic amines) is 1. The van der Waals surface area contributed by atoms with Crippen LogP contribution < -0.4 is 5.73 Å². The number of carbonyl (C=O) groups is 1. The van der Waals surface area contributed by atoms with Gasteiger partial charge < -0.3 is 15.4 Å². The predicted octanol–water partition coefficient (Wildman–Crippen LogP) is 1.14. The second kappa shape index (κ2) is 6.88. The van der Waals surface area contributed by atoms with Gasteiger partial charge >= 0.3 is 0 Å². The molecule has 2 N–H and O–H groups in total. The summed E-state index contributed by atoms with van der Waals surface area (Å²) in [5.74, 6) is 0.325. The zero-order chi connectivity index (χ0) is 19.1. The number of rotatable bonds is 3. The van der Waals surface area contributed by atoms with Gasteiger partial charge in [-0.2, -0.15) is 4.98 Å². The molecule has 0 spiro atoms. The Kier molecular flexibility index (Phi) is 4.22. The van der Waals surface area contributed by atoms with E-state index in [0.29, 0.717) is 17.3 Å². The number of amides is 1. The second-order valence-electron chi connectivity index (χ2n) is 7.24. The summed E-state index contributed by atoms with van der Waals surface area (Å²) in [5.41, 5.74) is 8.97. The molecule has 1 aromatic carbocycles. The Labute approximate surface area is 162 Å². The molecule has 144 valence electrons. The number of nitrogen functional groups attached to an aromatic ring is 1. The number of aromatic nitrogens is 3. The molecule has 0 bridgehead atoms. The van der Waals surface area contributed by atoms with Crippen molar-refractivity contribution in [1.29, 1.82) is 0 Å². The smallest absolute Gasteiger partial charge is 0.253 e. The van der Waals surface area contributed by atoms with E-state index in [9.17, 15) is 4.79 Å². The number of fused-ring (bicyclic) bond motifs is 1. The van der Waals surface area contributed by atoms with Gasteiger partial charge in [-0.3, -0.25) is 9.69 Å². The summed E-state index contributed by atoms with van der Waals surface area (Å²) in [4.78, 5) is 21.3. The van der Waals surface area contributed by atoms with Gasteiger partial charge in [0.25, 0.3) is 5.91 Å². The lowest BCUT2D eigenvalue weighted by molar-refractivity contribution is -0.0256. The lowest BCUT2D eigenvalue weighted by Crippen LogP contribution is -2.62. The van der Waals surface area contributed by atoms with E-state index in [4.69, 9.17) is 10.5 Å². The van der Waals surface area contributed by atoms with Gasteiger partial charge in [0.05, 0.1) is 18.9 Å². The fourth-order valence-corrected chi connectivity index (χ4v) is 3.90. The molecule has 8 nitrogen and oxygen atoms in total. The Balaban J connectivity index is 1.29. The van der Waals surface area contributed by atoms with Crippen molar-refractivity contribution in [3.8, 4) is 11.3 Å². The Bertz CT molecular complexity index is 1000. The molecule has 28 heavy (non-hydrogen) atoms. The number of ether oxygens (including phenoxy) is 1. The van der Waals surface area contributed by atoms with Crippen LogP contribution in [0.4, 0.5) is 5.95 Å². The van der Waals surface area contributed by atoms with E-state index in [-0.39, 0.29) is 11.9 Å². The molecule has 2 aliphatic rings. The molecule has 0 radical (unpaired) electrons. The number of morpholine rings is 1. The van der Waals surface area contributed by atoms with Gasteiger partial charge in [0.2, 0.25) is 5.95 Å². The number of nitrogens with two attached hydrogens (primary N) is 1. The second-order valence-corrected chi connectivity index (χ2v) is 7.24. The molecule has 1 amide bonds. The molecule has 3 aromatic rings. The first-order chi connectivity index (χ1) is 13.7. The maximum atomic E-state index is 12.8. The molecule has 0 saturated carbocycles. The number of benzene rings is 1. The van der Waals surface area contributed by atoms with Gasteiger partial charge in [-0.1, -0.05) is 18.2 Å². The third kappa shape index (κ3) is 3.00. The maximum absolute atomic E-state index is 12.8. The van der Waals surface area contributed by atoms with Gasteiger partial charge in [-0.05, 0) is 24.3 Å². The van der Waals surface area contributed by atoms with Crippen LogP contribution in [0.5, 0.6) is 0 Å². The van der Waals surface area contributed by atoms with E-state index in [0.717, 1.165) is 50.7 Å². The molecular weight excluding hydrogens is 356 g/mol. The Hall–Kier alpha value is -2.97. The lowest BCUT2D eigenvalue weighted by Gasteiger charge is -2.46. The monoisotopic (exact) mass is 378 g/mol. The number of hydrogen-bond donors (Lipinski definition) is 1. The number of carbonyl (C=O) groups excluding carboxylic acids is 1. The molecule has 5 rings (SSSR count). The molecule has 2 aromatic heterocycles. The van der Waals surface area contributed by atoms with Crippen molar-refractivity contribution in [2.75, 3.05) is 45.1 Å². The molecule has 2 saturated heterocycles. The fourth-order valence-electron chi connectivity index (χ4n) is 3.90. The van der Waals surface area contributed by atoms with Crippen LogP contribution in [-0.4, -0.2) is 75.7 Å². The first-order valence-corrected chi connectivity index (χ1v) is 9.52. The van der Waals surface area contributed by atoms with Gasteiger partial charge in [-0.25, -0.2) is 4.52 Å². The quantitative estimate of drug-likeness (QED) is 0.735. The summed E-state index contributed by atoms with van der Waals surface area (Å²) >= 11 is 0. The van der Waals surface area contributed by atoms with Crippen LogP contribution in [0.25, 0.3) is 16.9 Å². The van der Waals surface area contributed by atoms with Crippen LogP contribution >= 0.6 is 0 Å². The van der Waals surface area contributed by atoms with E-state index in [2.05, 4.69) is 15.0 Å². The van der Waals surface area contributed by atoms with Crippen LogP contribution in [-0.2, 0) is 4.74 Å². The van der Waals surface area contributed by atoms with Crippen molar-refractivity contribution in [2.24, 2.45) is 0 Å².